The molecule has 0 aliphatic heterocycles. The number of benzene rings is 1. The van der Waals surface area contributed by atoms with E-state index in [1.807, 2.05) is 18.2 Å². The Morgan fingerprint density at radius 2 is 1.94 bits per heavy atom. The van der Waals surface area contributed by atoms with E-state index in [9.17, 15) is 0 Å². The molecular weight excluding hydrogens is 339 g/mol. The summed E-state index contributed by atoms with van der Waals surface area (Å²) >= 11 is 17.2. The fourth-order valence-corrected chi connectivity index (χ4v) is 3.81. The van der Waals surface area contributed by atoms with Gasteiger partial charge in [-0.2, -0.15) is 0 Å². The van der Waals surface area contributed by atoms with E-state index in [-0.39, 0.29) is 0 Å². The third-order valence-electron chi connectivity index (χ3n) is 2.61. The van der Waals surface area contributed by atoms with E-state index >= 15 is 0 Å². The Hall–Kier alpha value is -0.0200. The third kappa shape index (κ3) is 3.47. The predicted molar refractivity (Wildman–Crippen MR) is 80.6 cm³/mol. The van der Waals surface area contributed by atoms with Gasteiger partial charge in [0.2, 0.25) is 0 Å². The fraction of sp³-hybridized carbons (Fsp3) is 0.231. The van der Waals surface area contributed by atoms with Crippen LogP contribution in [0.1, 0.15) is 16.4 Å². The van der Waals surface area contributed by atoms with Crippen molar-refractivity contribution in [2.45, 2.75) is 12.3 Å². The molecule has 0 saturated carbocycles. The number of thiophene rings is 1. The fourth-order valence-electron chi connectivity index (χ4n) is 1.76. The average molecular weight is 350 g/mol. The van der Waals surface area contributed by atoms with Gasteiger partial charge in [0, 0.05) is 21.1 Å². The summed E-state index contributed by atoms with van der Waals surface area (Å²) in [7, 11) is 0. The zero-order valence-electron chi connectivity index (χ0n) is 9.00. The quantitative estimate of drug-likeness (QED) is 0.618. The van der Waals surface area contributed by atoms with Crippen LogP contribution in [0.5, 0.6) is 0 Å². The van der Waals surface area contributed by atoms with Crippen LogP contribution < -0.4 is 0 Å². The number of hydrogen-bond donors (Lipinski definition) is 0. The molecule has 0 nitrogen and oxygen atoms in total. The lowest BCUT2D eigenvalue weighted by atomic mass is 9.97. The van der Waals surface area contributed by atoms with Crippen LogP contribution in [0.3, 0.4) is 0 Å². The van der Waals surface area contributed by atoms with E-state index in [2.05, 4.69) is 34.1 Å². The van der Waals surface area contributed by atoms with Crippen LogP contribution in [-0.4, -0.2) is 5.88 Å². The summed E-state index contributed by atoms with van der Waals surface area (Å²) in [6, 6.07) is 12.2. The zero-order chi connectivity index (χ0) is 12.3. The molecule has 0 fully saturated rings. The summed E-state index contributed by atoms with van der Waals surface area (Å²) in [4.78, 5) is 1.27. The minimum Gasteiger partial charge on any atom is -0.128 e. The zero-order valence-corrected chi connectivity index (χ0v) is 12.9. The Morgan fingerprint density at radius 1 is 1.18 bits per heavy atom. The van der Waals surface area contributed by atoms with E-state index in [1.54, 1.807) is 11.3 Å². The molecular formula is C13H11BrCl2S. The molecule has 4 heteroatoms. The lowest BCUT2D eigenvalue weighted by Crippen LogP contribution is -2.04. The SMILES string of the molecule is ClCC(Cc1ccc(Cl)s1)c1ccccc1Br. The van der Waals surface area contributed by atoms with Gasteiger partial charge in [-0.05, 0) is 30.2 Å². The van der Waals surface area contributed by atoms with Crippen molar-refractivity contribution in [2.24, 2.45) is 0 Å². The van der Waals surface area contributed by atoms with Gasteiger partial charge in [-0.1, -0.05) is 45.7 Å². The summed E-state index contributed by atoms with van der Waals surface area (Å²) in [5, 5.41) is 0. The highest BCUT2D eigenvalue weighted by Crippen LogP contribution is 2.31. The van der Waals surface area contributed by atoms with Gasteiger partial charge >= 0.3 is 0 Å². The van der Waals surface area contributed by atoms with Gasteiger partial charge in [-0.3, -0.25) is 0 Å². The minimum atomic E-state index is 0.321. The number of alkyl halides is 1. The maximum absolute atomic E-state index is 6.08. The standard InChI is InChI=1S/C13H11BrCl2S/c14-12-4-2-1-3-11(12)9(8-15)7-10-5-6-13(16)17-10/h1-6,9H,7-8H2. The second kappa shape index (κ2) is 6.24. The second-order valence-electron chi connectivity index (χ2n) is 3.78. The molecule has 0 saturated heterocycles. The van der Waals surface area contributed by atoms with Crippen molar-refractivity contribution >= 4 is 50.5 Å². The Labute approximate surface area is 124 Å². The summed E-state index contributed by atoms with van der Waals surface area (Å²) in [5.41, 5.74) is 1.26. The highest BCUT2D eigenvalue weighted by Gasteiger charge is 2.14. The van der Waals surface area contributed by atoms with Crippen molar-refractivity contribution in [1.82, 2.24) is 0 Å². The second-order valence-corrected chi connectivity index (χ2v) is 6.75. The predicted octanol–water partition coefficient (Wildman–Crippen LogP) is 5.73. The van der Waals surface area contributed by atoms with Crippen molar-refractivity contribution < 1.29 is 0 Å². The van der Waals surface area contributed by atoms with Gasteiger partial charge in [0.15, 0.2) is 0 Å². The highest BCUT2D eigenvalue weighted by molar-refractivity contribution is 9.10. The topological polar surface area (TPSA) is 0 Å². The first-order valence-corrected chi connectivity index (χ1v) is 7.77. The highest BCUT2D eigenvalue weighted by atomic mass is 79.9. The Kier molecular flexibility index (Phi) is 4.92. The van der Waals surface area contributed by atoms with Crippen LogP contribution in [0.4, 0.5) is 0 Å². The third-order valence-corrected chi connectivity index (χ3v) is 4.96. The molecule has 1 atom stereocenters. The first-order valence-electron chi connectivity index (χ1n) is 5.25. The first-order chi connectivity index (χ1) is 8.20. The van der Waals surface area contributed by atoms with Gasteiger partial charge in [-0.15, -0.1) is 22.9 Å². The molecule has 0 N–H and O–H groups in total. The van der Waals surface area contributed by atoms with Crippen LogP contribution in [-0.2, 0) is 6.42 Å². The molecule has 0 spiro atoms. The monoisotopic (exact) mass is 348 g/mol. The average Bonchev–Trinajstić information content (AvgIpc) is 2.73. The van der Waals surface area contributed by atoms with E-state index < -0.39 is 0 Å². The van der Waals surface area contributed by atoms with Crippen LogP contribution in [0, 0.1) is 0 Å². The van der Waals surface area contributed by atoms with E-state index in [1.165, 1.54) is 10.4 Å². The molecule has 0 bridgehead atoms. The molecule has 0 aliphatic rings. The molecule has 1 heterocycles. The molecule has 90 valence electrons. The van der Waals surface area contributed by atoms with Crippen LogP contribution >= 0.6 is 50.5 Å². The Balaban J connectivity index is 2.20. The molecule has 2 rings (SSSR count). The molecule has 2 aromatic rings. The lowest BCUT2D eigenvalue weighted by Gasteiger charge is -2.15. The molecule has 0 radical (unpaired) electrons. The van der Waals surface area contributed by atoms with Crippen molar-refractivity contribution in [1.29, 1.82) is 0 Å². The van der Waals surface area contributed by atoms with Gasteiger partial charge < -0.3 is 0 Å². The van der Waals surface area contributed by atoms with Gasteiger partial charge in [0.05, 0.1) is 4.34 Å². The molecule has 1 aromatic carbocycles. The lowest BCUT2D eigenvalue weighted by molar-refractivity contribution is 0.772. The maximum atomic E-state index is 6.08. The number of hydrogen-bond acceptors (Lipinski definition) is 1. The molecule has 1 unspecified atom stereocenters. The molecule has 1 aromatic heterocycles. The van der Waals surface area contributed by atoms with E-state index in [4.69, 9.17) is 23.2 Å². The molecule has 17 heavy (non-hydrogen) atoms. The van der Waals surface area contributed by atoms with Gasteiger partial charge in [0.25, 0.3) is 0 Å². The summed E-state index contributed by atoms with van der Waals surface area (Å²) < 4.78 is 1.95. The van der Waals surface area contributed by atoms with Gasteiger partial charge in [0.1, 0.15) is 0 Å². The first kappa shape index (κ1) is 13.4. The van der Waals surface area contributed by atoms with Crippen LogP contribution in [0.25, 0.3) is 0 Å². The van der Waals surface area contributed by atoms with E-state index in [0.717, 1.165) is 15.2 Å². The maximum Gasteiger partial charge on any atom is 0.0931 e. The summed E-state index contributed by atoms with van der Waals surface area (Å²) in [6.45, 7) is 0. The van der Waals surface area contributed by atoms with Gasteiger partial charge in [-0.25, -0.2) is 0 Å². The van der Waals surface area contributed by atoms with Crippen molar-refractivity contribution in [2.75, 3.05) is 5.88 Å². The molecule has 0 amide bonds. The van der Waals surface area contributed by atoms with Crippen molar-refractivity contribution in [3.63, 3.8) is 0 Å². The van der Waals surface area contributed by atoms with Crippen LogP contribution in [0.15, 0.2) is 40.9 Å². The number of halogens is 3. The van der Waals surface area contributed by atoms with Crippen LogP contribution in [0.2, 0.25) is 4.34 Å². The largest absolute Gasteiger partial charge is 0.128 e. The Morgan fingerprint density at radius 3 is 2.53 bits per heavy atom. The van der Waals surface area contributed by atoms with Crippen molar-refractivity contribution in [3.8, 4) is 0 Å². The molecule has 0 aliphatic carbocycles. The normalized spacial score (nSPS) is 12.6. The van der Waals surface area contributed by atoms with E-state index in [0.29, 0.717) is 11.8 Å². The smallest absolute Gasteiger partial charge is 0.0931 e. The summed E-state index contributed by atoms with van der Waals surface area (Å²) in [5.74, 6) is 0.931. The number of rotatable bonds is 4. The minimum absolute atomic E-state index is 0.321. The van der Waals surface area contributed by atoms with Crippen molar-refractivity contribution in [3.05, 3.63) is 55.6 Å². The summed E-state index contributed by atoms with van der Waals surface area (Å²) in [6.07, 6.45) is 0.934. The Bertz CT molecular complexity index is 496.